The highest BCUT2D eigenvalue weighted by atomic mass is 16.7. The number of carbonyl (C=O) groups is 3. The summed E-state index contributed by atoms with van der Waals surface area (Å²) >= 11 is 0. The molecule has 18 heteroatoms. The Morgan fingerprint density at radius 3 is 1.25 bits per heavy atom. The van der Waals surface area contributed by atoms with Gasteiger partial charge in [0.25, 0.3) is 0 Å². The van der Waals surface area contributed by atoms with Crippen LogP contribution in [0.5, 0.6) is 0 Å². The van der Waals surface area contributed by atoms with Crippen LogP contribution in [0.25, 0.3) is 0 Å². The minimum absolute atomic E-state index is 0.253. The zero-order valence-corrected chi connectivity index (χ0v) is 33.1. The third kappa shape index (κ3) is 12.6. The first kappa shape index (κ1) is 47.3. The molecule has 7 N–H and O–H groups in total. The molecule has 0 aliphatic carbocycles. The third-order valence-electron chi connectivity index (χ3n) is 9.47. The van der Waals surface area contributed by atoms with Crippen LogP contribution in [0.4, 0.5) is 0 Å². The highest BCUT2D eigenvalue weighted by Crippen LogP contribution is 2.30. The topological polar surface area (TPSA) is 267 Å². The van der Waals surface area contributed by atoms with Gasteiger partial charge >= 0.3 is 17.9 Å². The van der Waals surface area contributed by atoms with Crippen LogP contribution in [0.3, 0.4) is 0 Å². The van der Waals surface area contributed by atoms with Crippen LogP contribution in [0, 0.1) is 20.8 Å². The van der Waals surface area contributed by atoms with Crippen LogP contribution in [-0.4, -0.2) is 161 Å². The molecule has 0 amide bonds. The van der Waals surface area contributed by atoms with E-state index < -0.39 is 98.3 Å². The van der Waals surface area contributed by atoms with Crippen molar-refractivity contribution in [2.75, 3.05) is 34.0 Å². The second-order valence-corrected chi connectivity index (χ2v) is 13.9. The van der Waals surface area contributed by atoms with Crippen molar-refractivity contribution in [2.45, 2.75) is 94.6 Å². The van der Waals surface area contributed by atoms with Crippen LogP contribution < -0.4 is 0 Å². The Morgan fingerprint density at radius 2 is 0.898 bits per heavy atom. The summed E-state index contributed by atoms with van der Waals surface area (Å²) in [6.07, 6.45) is -12.7. The first-order valence-corrected chi connectivity index (χ1v) is 18.5. The first-order valence-electron chi connectivity index (χ1n) is 18.5. The Morgan fingerprint density at radius 1 is 0.508 bits per heavy atom. The van der Waals surface area contributed by atoms with E-state index in [1.54, 1.807) is 72.8 Å². The molecule has 3 fully saturated rings. The zero-order chi connectivity index (χ0) is 43.4. The number of carbonyl (C=O) groups excluding carboxylic acids is 3. The molecule has 12 atom stereocenters. The predicted octanol–water partition coefficient (Wildman–Crippen LogP) is 0.0807. The van der Waals surface area contributed by atoms with Gasteiger partial charge in [0.1, 0.15) is 49.3 Å². The lowest BCUT2D eigenvalue weighted by atomic mass is 10.1. The molecular formula is C41H52O18. The maximum absolute atomic E-state index is 13.0. The molecule has 3 aliphatic heterocycles. The fourth-order valence-electron chi connectivity index (χ4n) is 5.92. The van der Waals surface area contributed by atoms with Crippen molar-refractivity contribution >= 4 is 17.9 Å². The fraction of sp³-hybridized carbons (Fsp3) is 0.488. The molecule has 0 radical (unpaired) electrons. The molecule has 59 heavy (non-hydrogen) atoms. The van der Waals surface area contributed by atoms with Gasteiger partial charge in [-0.05, 0) is 57.2 Å². The quantitative estimate of drug-likeness (QED) is 0.0996. The molecule has 0 aromatic heterocycles. The monoisotopic (exact) mass is 832 g/mol. The van der Waals surface area contributed by atoms with Gasteiger partial charge in [-0.15, -0.1) is 0 Å². The Hall–Kier alpha value is -4.41. The van der Waals surface area contributed by atoms with Crippen molar-refractivity contribution in [1.82, 2.24) is 0 Å². The molecule has 6 rings (SSSR count). The highest BCUT2D eigenvalue weighted by molar-refractivity contribution is 5.91. The maximum atomic E-state index is 13.0. The van der Waals surface area contributed by atoms with E-state index in [0.717, 1.165) is 16.7 Å². The molecule has 3 heterocycles. The number of esters is 3. The molecule has 3 aromatic carbocycles. The van der Waals surface area contributed by atoms with Crippen LogP contribution in [0.1, 0.15) is 47.8 Å². The molecule has 324 valence electrons. The first-order chi connectivity index (χ1) is 28.1. The molecule has 0 spiro atoms. The van der Waals surface area contributed by atoms with Crippen LogP contribution in [0.2, 0.25) is 0 Å². The van der Waals surface area contributed by atoms with E-state index >= 15 is 0 Å². The van der Waals surface area contributed by atoms with Crippen LogP contribution in [0.15, 0.2) is 72.8 Å². The van der Waals surface area contributed by atoms with E-state index in [1.807, 2.05) is 20.8 Å². The van der Waals surface area contributed by atoms with Gasteiger partial charge < -0.3 is 73.6 Å². The van der Waals surface area contributed by atoms with Crippen LogP contribution >= 0.6 is 0 Å². The highest BCUT2D eigenvalue weighted by Gasteiger charge is 2.51. The normalized spacial score (nSPS) is 29.7. The minimum Gasteiger partial charge on any atom is -0.459 e. The van der Waals surface area contributed by atoms with Gasteiger partial charge in [-0.25, -0.2) is 14.4 Å². The summed E-state index contributed by atoms with van der Waals surface area (Å²) in [5.74, 6) is -1.83. The lowest BCUT2D eigenvalue weighted by molar-refractivity contribution is -0.155. The molecular weight excluding hydrogens is 780 g/mol. The number of rotatable bonds is 11. The van der Waals surface area contributed by atoms with Crippen molar-refractivity contribution in [2.24, 2.45) is 0 Å². The zero-order valence-electron chi connectivity index (χ0n) is 33.1. The smallest absolute Gasteiger partial charge is 0.338 e. The fourth-order valence-corrected chi connectivity index (χ4v) is 5.92. The van der Waals surface area contributed by atoms with Crippen molar-refractivity contribution in [3.8, 4) is 0 Å². The molecule has 3 aliphatic rings. The van der Waals surface area contributed by atoms with Gasteiger partial charge in [-0.1, -0.05) is 53.1 Å². The van der Waals surface area contributed by atoms with E-state index in [4.69, 9.17) is 64.2 Å². The average Bonchev–Trinajstić information content (AvgIpc) is 3.81. The number of benzene rings is 3. The van der Waals surface area contributed by atoms with Gasteiger partial charge in [0.05, 0.1) is 29.9 Å². The molecule has 0 bridgehead atoms. The van der Waals surface area contributed by atoms with Gasteiger partial charge in [0, 0.05) is 14.2 Å². The van der Waals surface area contributed by atoms with E-state index in [9.17, 15) is 14.4 Å². The van der Waals surface area contributed by atoms with Gasteiger partial charge in [-0.2, -0.15) is 0 Å². The summed E-state index contributed by atoms with van der Waals surface area (Å²) in [4.78, 5) is 38.6. The maximum Gasteiger partial charge on any atom is 0.338 e. The number of ether oxygens (including phenoxy) is 8. The van der Waals surface area contributed by atoms with E-state index in [1.165, 1.54) is 14.2 Å². The molecule has 0 saturated carbocycles. The summed E-state index contributed by atoms with van der Waals surface area (Å²) in [5, 5.41) is 61.9. The average molecular weight is 833 g/mol. The molecule has 3 saturated heterocycles. The summed E-state index contributed by atoms with van der Waals surface area (Å²) in [5.41, 5.74) is 3.98. The number of methoxy groups -OCH3 is 2. The van der Waals surface area contributed by atoms with E-state index in [0.29, 0.717) is 16.7 Å². The van der Waals surface area contributed by atoms with Crippen molar-refractivity contribution in [3.05, 3.63) is 106 Å². The SMILES string of the molecule is COC1O[C@@H](CO)[C@H](O)[C@H]1O.COC1O[C@@H](COC(=O)c2ccc(C)cc2)[C@H](OC(=O)c2ccc(C)cc2)[C@H]1OC(=O)c1ccc(C)cc1.OC[C@@H]1OC(O)[C@H](O)[C@H]1O. The third-order valence-corrected chi connectivity index (χ3v) is 9.47. The van der Waals surface area contributed by atoms with Crippen molar-refractivity contribution < 1.29 is 88.0 Å². The lowest BCUT2D eigenvalue weighted by Gasteiger charge is -2.24. The summed E-state index contributed by atoms with van der Waals surface area (Å²) in [7, 11) is 2.75. The number of aliphatic hydroxyl groups is 7. The molecule has 3 aromatic rings. The van der Waals surface area contributed by atoms with E-state index in [2.05, 4.69) is 9.47 Å². The van der Waals surface area contributed by atoms with Gasteiger partial charge in [-0.3, -0.25) is 0 Å². The number of hydrogen-bond acceptors (Lipinski definition) is 18. The summed E-state index contributed by atoms with van der Waals surface area (Å²) in [6, 6.07) is 20.6. The molecule has 18 nitrogen and oxygen atoms in total. The largest absolute Gasteiger partial charge is 0.459 e. The van der Waals surface area contributed by atoms with Gasteiger partial charge in [0.15, 0.2) is 31.1 Å². The second-order valence-electron chi connectivity index (χ2n) is 13.9. The number of aliphatic hydroxyl groups excluding tert-OH is 7. The lowest BCUT2D eigenvalue weighted by Crippen LogP contribution is -2.42. The van der Waals surface area contributed by atoms with Crippen LogP contribution in [-0.2, 0) is 37.9 Å². The van der Waals surface area contributed by atoms with E-state index in [-0.39, 0.29) is 13.2 Å². The second kappa shape index (κ2) is 22.3. The molecule has 3 unspecified atom stereocenters. The number of aryl methyl sites for hydroxylation is 3. The van der Waals surface area contributed by atoms with Crippen molar-refractivity contribution in [3.63, 3.8) is 0 Å². The Labute approximate surface area is 340 Å². The minimum atomic E-state index is -1.38. The predicted molar refractivity (Wildman–Crippen MR) is 203 cm³/mol. The Bertz CT molecular complexity index is 1750. The van der Waals surface area contributed by atoms with Crippen molar-refractivity contribution in [1.29, 1.82) is 0 Å². The Balaban J connectivity index is 0.000000296. The Kier molecular flexibility index (Phi) is 17.8. The van der Waals surface area contributed by atoms with Gasteiger partial charge in [0.2, 0.25) is 0 Å². The number of hydrogen-bond donors (Lipinski definition) is 7. The standard InChI is InChI=1S/C30H30O8.C6H12O5.C5H10O5/c1-18-5-11-21(12-6-18)27(31)35-17-24-25(37-28(32)22-13-7-19(2)8-14-22)26(30(34-4)36-24)38-29(33)23-15-9-20(3)10-16-23;1-10-6-5(9)4(8)3(2-7)11-6;6-1-2-3(7)4(8)5(9)10-2/h5-16,24-26,30H,17H2,1-4H3;3-9H,2H2,1H3;2-9H,1H2/t24-,25-,26+,30?;3-,4-,5+,6?;2-,3-,4+,5?/m000/s1. The summed E-state index contributed by atoms with van der Waals surface area (Å²) < 4.78 is 42.5. The summed E-state index contributed by atoms with van der Waals surface area (Å²) in [6.45, 7) is 4.74.